The molecule has 0 radical (unpaired) electrons. The fourth-order valence-corrected chi connectivity index (χ4v) is 5.07. The Balaban J connectivity index is 1.65. The van der Waals surface area contributed by atoms with E-state index in [1.807, 2.05) is 0 Å². The lowest BCUT2D eigenvalue weighted by Gasteiger charge is -2.25. The molecule has 0 atom stereocenters. The van der Waals surface area contributed by atoms with Gasteiger partial charge in [-0.05, 0) is 29.2 Å². The zero-order valence-corrected chi connectivity index (χ0v) is 16.8. The van der Waals surface area contributed by atoms with E-state index in [1.165, 1.54) is 48.4 Å². The molecule has 6 heteroatoms. The van der Waals surface area contributed by atoms with Crippen LogP contribution in [0.15, 0.2) is 47.6 Å². The summed E-state index contributed by atoms with van der Waals surface area (Å²) in [5.74, 6) is 1.39. The smallest absolute Gasteiger partial charge is 0.218 e. The van der Waals surface area contributed by atoms with Gasteiger partial charge in [0, 0.05) is 24.6 Å². The molecule has 1 amide bonds. The first kappa shape index (κ1) is 19.0. The number of aromatic nitrogens is 3. The summed E-state index contributed by atoms with van der Waals surface area (Å²) in [5, 5.41) is 12.5. The number of amides is 1. The fourth-order valence-electron chi connectivity index (χ4n) is 4.09. The Hall–Kier alpha value is -2.34. The lowest BCUT2D eigenvalue weighted by Crippen LogP contribution is -2.17. The molecule has 1 aromatic heterocycles. The average Bonchev–Trinajstić information content (AvgIpc) is 3.11. The average molecular weight is 395 g/mol. The summed E-state index contributed by atoms with van der Waals surface area (Å²) >= 11 is 1.59. The number of fused-ring (bicyclic) bond motifs is 1. The Morgan fingerprint density at radius 3 is 2.68 bits per heavy atom. The number of rotatable bonds is 7. The molecule has 0 bridgehead atoms. The second-order valence-electron chi connectivity index (χ2n) is 7.44. The van der Waals surface area contributed by atoms with Gasteiger partial charge in [-0.25, -0.2) is 0 Å². The van der Waals surface area contributed by atoms with E-state index in [4.69, 9.17) is 5.73 Å². The predicted molar refractivity (Wildman–Crippen MR) is 113 cm³/mol. The standard InChI is InChI=1S/C22H26N4OS/c23-20(27)13-14-28-22-25-24-21(26(22)18-10-2-1-3-11-18)15-17-9-6-8-16-7-4-5-12-19(16)17/h4-9,12,18H,1-3,10-11,13-15H2,(H2,23,27). The first-order chi connectivity index (χ1) is 13.7. The number of carbonyl (C=O) groups is 1. The molecule has 2 aromatic carbocycles. The number of hydrogen-bond donors (Lipinski definition) is 1. The lowest BCUT2D eigenvalue weighted by molar-refractivity contribution is -0.117. The SMILES string of the molecule is NC(=O)CCSc1nnc(Cc2cccc3ccccc23)n1C1CCCCC1. The number of carbonyl (C=O) groups excluding carboxylic acids is 1. The summed E-state index contributed by atoms with van der Waals surface area (Å²) in [6.45, 7) is 0. The molecule has 5 nitrogen and oxygen atoms in total. The van der Waals surface area contributed by atoms with Crippen molar-refractivity contribution in [3.8, 4) is 0 Å². The van der Waals surface area contributed by atoms with E-state index in [1.54, 1.807) is 11.8 Å². The van der Waals surface area contributed by atoms with Gasteiger partial charge in [-0.15, -0.1) is 10.2 Å². The molecule has 2 N–H and O–H groups in total. The van der Waals surface area contributed by atoms with E-state index in [0.29, 0.717) is 18.2 Å². The highest BCUT2D eigenvalue weighted by Crippen LogP contribution is 2.34. The summed E-state index contributed by atoms with van der Waals surface area (Å²) in [4.78, 5) is 11.1. The van der Waals surface area contributed by atoms with Crippen molar-refractivity contribution < 1.29 is 4.79 Å². The molecule has 0 saturated heterocycles. The van der Waals surface area contributed by atoms with E-state index in [-0.39, 0.29) is 5.91 Å². The summed E-state index contributed by atoms with van der Waals surface area (Å²) < 4.78 is 2.34. The monoisotopic (exact) mass is 394 g/mol. The van der Waals surface area contributed by atoms with Crippen LogP contribution >= 0.6 is 11.8 Å². The fraction of sp³-hybridized carbons (Fsp3) is 0.409. The van der Waals surface area contributed by atoms with Crippen molar-refractivity contribution in [2.75, 3.05) is 5.75 Å². The number of nitrogens with two attached hydrogens (primary N) is 1. The molecule has 0 aliphatic heterocycles. The Morgan fingerprint density at radius 2 is 1.86 bits per heavy atom. The van der Waals surface area contributed by atoms with E-state index in [2.05, 4.69) is 57.2 Å². The van der Waals surface area contributed by atoms with E-state index in [9.17, 15) is 4.79 Å². The van der Waals surface area contributed by atoms with Crippen LogP contribution < -0.4 is 5.73 Å². The van der Waals surface area contributed by atoms with Crippen molar-refractivity contribution in [2.45, 2.75) is 56.1 Å². The predicted octanol–water partition coefficient (Wildman–Crippen LogP) is 4.49. The molecule has 1 fully saturated rings. The van der Waals surface area contributed by atoms with Crippen molar-refractivity contribution in [3.05, 3.63) is 53.9 Å². The molecule has 1 heterocycles. The third-order valence-electron chi connectivity index (χ3n) is 5.48. The highest BCUT2D eigenvalue weighted by atomic mass is 32.2. The van der Waals surface area contributed by atoms with Crippen molar-refractivity contribution in [1.82, 2.24) is 14.8 Å². The summed E-state index contributed by atoms with van der Waals surface area (Å²) in [5.41, 5.74) is 6.58. The van der Waals surface area contributed by atoms with Crippen LogP contribution in [-0.2, 0) is 11.2 Å². The zero-order chi connectivity index (χ0) is 19.3. The van der Waals surface area contributed by atoms with Gasteiger partial charge in [0.25, 0.3) is 0 Å². The van der Waals surface area contributed by atoms with Crippen LogP contribution in [0.5, 0.6) is 0 Å². The topological polar surface area (TPSA) is 73.8 Å². The van der Waals surface area contributed by atoms with E-state index >= 15 is 0 Å². The molecule has 0 unspecified atom stereocenters. The second-order valence-corrected chi connectivity index (χ2v) is 8.50. The van der Waals surface area contributed by atoms with Crippen molar-refractivity contribution in [1.29, 1.82) is 0 Å². The van der Waals surface area contributed by atoms with Crippen LogP contribution in [0.4, 0.5) is 0 Å². The quantitative estimate of drug-likeness (QED) is 0.599. The van der Waals surface area contributed by atoms with Gasteiger partial charge in [-0.3, -0.25) is 4.79 Å². The molecule has 1 saturated carbocycles. The van der Waals surface area contributed by atoms with Crippen LogP contribution in [-0.4, -0.2) is 26.4 Å². The van der Waals surface area contributed by atoms with Crippen molar-refractivity contribution in [3.63, 3.8) is 0 Å². The number of primary amides is 1. The number of benzene rings is 2. The third kappa shape index (κ3) is 4.22. The van der Waals surface area contributed by atoms with E-state index in [0.717, 1.165) is 17.4 Å². The Morgan fingerprint density at radius 1 is 1.07 bits per heavy atom. The van der Waals surface area contributed by atoms with Crippen LogP contribution in [0.3, 0.4) is 0 Å². The minimum atomic E-state index is -0.271. The van der Waals surface area contributed by atoms with Crippen molar-refractivity contribution >= 4 is 28.4 Å². The molecule has 0 spiro atoms. The van der Waals surface area contributed by atoms with Crippen molar-refractivity contribution in [2.24, 2.45) is 5.73 Å². The summed E-state index contributed by atoms with van der Waals surface area (Å²) in [6, 6.07) is 15.4. The highest BCUT2D eigenvalue weighted by Gasteiger charge is 2.23. The van der Waals surface area contributed by atoms with Gasteiger partial charge in [0.2, 0.25) is 5.91 Å². The largest absolute Gasteiger partial charge is 0.370 e. The molecule has 146 valence electrons. The Bertz CT molecular complexity index is 957. The maximum Gasteiger partial charge on any atom is 0.218 e. The summed E-state index contributed by atoms with van der Waals surface area (Å²) in [7, 11) is 0. The van der Waals surface area contributed by atoms with Crippen LogP contribution in [0.25, 0.3) is 10.8 Å². The number of nitrogens with zero attached hydrogens (tertiary/aromatic N) is 3. The molecule has 28 heavy (non-hydrogen) atoms. The molecule has 3 aromatic rings. The first-order valence-corrected chi connectivity index (χ1v) is 11.0. The lowest BCUT2D eigenvalue weighted by atomic mass is 9.95. The van der Waals surface area contributed by atoms with Gasteiger partial charge in [0.15, 0.2) is 5.16 Å². The molecular weight excluding hydrogens is 368 g/mol. The van der Waals surface area contributed by atoms with Gasteiger partial charge in [0.1, 0.15) is 5.82 Å². The number of thioether (sulfide) groups is 1. The molecule has 1 aliphatic rings. The van der Waals surface area contributed by atoms with Gasteiger partial charge in [-0.2, -0.15) is 0 Å². The van der Waals surface area contributed by atoms with Gasteiger partial charge >= 0.3 is 0 Å². The first-order valence-electron chi connectivity index (χ1n) is 10.0. The van der Waals surface area contributed by atoms with Gasteiger partial charge in [-0.1, -0.05) is 73.5 Å². The molecular formula is C22H26N4OS. The van der Waals surface area contributed by atoms with Crippen LogP contribution in [0, 0.1) is 0 Å². The highest BCUT2D eigenvalue weighted by molar-refractivity contribution is 7.99. The zero-order valence-electron chi connectivity index (χ0n) is 16.0. The Labute approximate surface area is 169 Å². The minimum Gasteiger partial charge on any atom is -0.370 e. The second kappa shape index (κ2) is 8.78. The van der Waals surface area contributed by atoms with E-state index < -0.39 is 0 Å². The molecule has 1 aliphatic carbocycles. The maximum absolute atomic E-state index is 11.1. The molecule has 4 rings (SSSR count). The van der Waals surface area contributed by atoms with Gasteiger partial charge < -0.3 is 10.3 Å². The normalized spacial score (nSPS) is 15.1. The van der Waals surface area contributed by atoms with Crippen LogP contribution in [0.2, 0.25) is 0 Å². The number of hydrogen-bond acceptors (Lipinski definition) is 4. The Kier molecular flexibility index (Phi) is 5.95. The summed E-state index contributed by atoms with van der Waals surface area (Å²) in [6.07, 6.45) is 7.28. The third-order valence-corrected chi connectivity index (χ3v) is 6.43. The van der Waals surface area contributed by atoms with Gasteiger partial charge in [0.05, 0.1) is 0 Å². The maximum atomic E-state index is 11.1. The minimum absolute atomic E-state index is 0.271. The van der Waals surface area contributed by atoms with Crippen LogP contribution in [0.1, 0.15) is 56.0 Å².